The van der Waals surface area contributed by atoms with Gasteiger partial charge >= 0.3 is 5.97 Å². The van der Waals surface area contributed by atoms with Crippen molar-refractivity contribution in [1.82, 2.24) is 0 Å². The molecular weight excluding hydrogens is 258 g/mol. The van der Waals surface area contributed by atoms with Gasteiger partial charge in [0, 0.05) is 4.47 Å². The van der Waals surface area contributed by atoms with Crippen molar-refractivity contribution in [3.8, 4) is 0 Å². The summed E-state index contributed by atoms with van der Waals surface area (Å²) in [5.41, 5.74) is 5.47. The molecule has 0 spiro atoms. The molecule has 3 N–H and O–H groups in total. The molecule has 1 aromatic carbocycles. The zero-order valence-electron chi connectivity index (χ0n) is 8.11. The number of hydrogen-bond donors (Lipinski definition) is 2. The molecule has 1 fully saturated rings. The second kappa shape index (κ2) is 3.61. The van der Waals surface area contributed by atoms with E-state index >= 15 is 0 Å². The third kappa shape index (κ3) is 1.79. The fourth-order valence-corrected chi connectivity index (χ4v) is 2.22. The molecule has 15 heavy (non-hydrogen) atoms. The summed E-state index contributed by atoms with van der Waals surface area (Å²) in [6, 6.07) is 7.23. The smallest absolute Gasteiger partial charge is 0.328 e. The van der Waals surface area contributed by atoms with Gasteiger partial charge in [0.1, 0.15) is 5.54 Å². The van der Waals surface area contributed by atoms with Crippen LogP contribution in [0, 0.1) is 5.92 Å². The highest BCUT2D eigenvalue weighted by Gasteiger charge is 2.49. The van der Waals surface area contributed by atoms with E-state index in [1.807, 2.05) is 12.1 Å². The van der Waals surface area contributed by atoms with Gasteiger partial charge in [0.05, 0.1) is 0 Å². The van der Waals surface area contributed by atoms with Crippen LogP contribution in [-0.4, -0.2) is 11.1 Å². The van der Waals surface area contributed by atoms with Gasteiger partial charge in [-0.25, -0.2) is 4.79 Å². The van der Waals surface area contributed by atoms with Gasteiger partial charge in [-0.3, -0.25) is 0 Å². The molecule has 1 saturated carbocycles. The monoisotopic (exact) mass is 269 g/mol. The normalized spacial score (nSPS) is 19.6. The molecule has 3 nitrogen and oxygen atoms in total. The Hall–Kier alpha value is -0.870. The number of halogens is 1. The summed E-state index contributed by atoms with van der Waals surface area (Å²) >= 11 is 3.32. The van der Waals surface area contributed by atoms with Crippen LogP contribution in [-0.2, 0) is 10.3 Å². The highest BCUT2D eigenvalue weighted by Crippen LogP contribution is 2.44. The predicted molar refractivity (Wildman–Crippen MR) is 60.4 cm³/mol. The molecule has 0 bridgehead atoms. The number of hydrogen-bond acceptors (Lipinski definition) is 2. The summed E-state index contributed by atoms with van der Waals surface area (Å²) in [6.45, 7) is 0. The Kier molecular flexibility index (Phi) is 2.56. The van der Waals surface area contributed by atoms with Crippen molar-refractivity contribution in [3.05, 3.63) is 34.3 Å². The zero-order chi connectivity index (χ0) is 11.1. The molecule has 80 valence electrons. The zero-order valence-corrected chi connectivity index (χ0v) is 9.70. The minimum atomic E-state index is -1.22. The van der Waals surface area contributed by atoms with Crippen molar-refractivity contribution in [2.45, 2.75) is 18.4 Å². The number of rotatable bonds is 3. The van der Waals surface area contributed by atoms with Gasteiger partial charge in [-0.15, -0.1) is 0 Å². The number of carboxylic acids is 1. The number of carbonyl (C=O) groups is 1. The van der Waals surface area contributed by atoms with Crippen LogP contribution >= 0.6 is 15.9 Å². The average molecular weight is 270 g/mol. The van der Waals surface area contributed by atoms with Gasteiger partial charge in [0.2, 0.25) is 0 Å². The van der Waals surface area contributed by atoms with E-state index in [0.717, 1.165) is 17.3 Å². The number of benzene rings is 1. The third-order valence-electron chi connectivity index (χ3n) is 2.88. The van der Waals surface area contributed by atoms with E-state index in [9.17, 15) is 9.90 Å². The molecule has 0 aromatic heterocycles. The summed E-state index contributed by atoms with van der Waals surface area (Å²) < 4.78 is 0.858. The Bertz CT molecular complexity index is 403. The summed E-state index contributed by atoms with van der Waals surface area (Å²) in [7, 11) is 0. The van der Waals surface area contributed by atoms with Crippen LogP contribution in [0.25, 0.3) is 0 Å². The quantitative estimate of drug-likeness (QED) is 0.884. The summed E-state index contributed by atoms with van der Waals surface area (Å²) in [4.78, 5) is 11.3. The fraction of sp³-hybridized carbons (Fsp3) is 0.364. The van der Waals surface area contributed by atoms with Crippen LogP contribution in [0.1, 0.15) is 18.4 Å². The average Bonchev–Trinajstić information content (AvgIpc) is 2.99. The summed E-state index contributed by atoms with van der Waals surface area (Å²) in [5.74, 6) is -0.868. The molecule has 0 aliphatic heterocycles. The maximum atomic E-state index is 11.3. The SMILES string of the molecule is NC(C(=O)O)(c1cccc(Br)c1)C1CC1. The van der Waals surface area contributed by atoms with Gasteiger partial charge in [-0.2, -0.15) is 0 Å². The highest BCUT2D eigenvalue weighted by molar-refractivity contribution is 9.10. The number of nitrogens with two attached hydrogens (primary N) is 1. The Morgan fingerprint density at radius 3 is 2.67 bits per heavy atom. The van der Waals surface area contributed by atoms with Crippen molar-refractivity contribution in [1.29, 1.82) is 0 Å². The molecule has 1 unspecified atom stereocenters. The Labute approximate surface area is 96.4 Å². The summed E-state index contributed by atoms with van der Waals surface area (Å²) in [5, 5.41) is 9.25. The van der Waals surface area contributed by atoms with Crippen LogP contribution in [0.15, 0.2) is 28.7 Å². The van der Waals surface area contributed by atoms with Crippen molar-refractivity contribution in [2.24, 2.45) is 11.7 Å². The molecule has 4 heteroatoms. The minimum Gasteiger partial charge on any atom is -0.480 e. The van der Waals surface area contributed by atoms with Crippen LogP contribution in [0.3, 0.4) is 0 Å². The molecule has 1 aliphatic carbocycles. The fourth-order valence-electron chi connectivity index (χ4n) is 1.82. The Morgan fingerprint density at radius 1 is 1.53 bits per heavy atom. The van der Waals surface area contributed by atoms with Gasteiger partial charge in [-0.05, 0) is 36.5 Å². The lowest BCUT2D eigenvalue weighted by atomic mass is 9.86. The van der Waals surface area contributed by atoms with Crippen LogP contribution in [0.4, 0.5) is 0 Å². The highest BCUT2D eigenvalue weighted by atomic mass is 79.9. The second-order valence-electron chi connectivity index (χ2n) is 3.96. The molecule has 0 saturated heterocycles. The topological polar surface area (TPSA) is 63.3 Å². The second-order valence-corrected chi connectivity index (χ2v) is 4.87. The lowest BCUT2D eigenvalue weighted by Gasteiger charge is -2.25. The van der Waals surface area contributed by atoms with Gasteiger partial charge in [-0.1, -0.05) is 28.1 Å². The van der Waals surface area contributed by atoms with Gasteiger partial charge in [0.25, 0.3) is 0 Å². The van der Waals surface area contributed by atoms with Crippen molar-refractivity contribution in [2.75, 3.05) is 0 Å². The van der Waals surface area contributed by atoms with Crippen molar-refractivity contribution >= 4 is 21.9 Å². The van der Waals surface area contributed by atoms with Crippen LogP contribution in [0.2, 0.25) is 0 Å². The molecule has 1 aromatic rings. The molecule has 0 amide bonds. The van der Waals surface area contributed by atoms with Crippen molar-refractivity contribution < 1.29 is 9.90 Å². The van der Waals surface area contributed by atoms with Crippen LogP contribution in [0.5, 0.6) is 0 Å². The lowest BCUT2D eigenvalue weighted by molar-refractivity contribution is -0.144. The first-order valence-corrected chi connectivity index (χ1v) is 5.62. The van der Waals surface area contributed by atoms with E-state index < -0.39 is 11.5 Å². The Balaban J connectivity index is 2.45. The first-order valence-electron chi connectivity index (χ1n) is 4.83. The molecule has 0 heterocycles. The lowest BCUT2D eigenvalue weighted by Crippen LogP contribution is -2.47. The first kappa shape index (κ1) is 10.6. The molecule has 1 atom stereocenters. The van der Waals surface area contributed by atoms with E-state index in [2.05, 4.69) is 15.9 Å². The number of aliphatic carboxylic acids is 1. The minimum absolute atomic E-state index is 0.0734. The largest absolute Gasteiger partial charge is 0.480 e. The Morgan fingerprint density at radius 2 is 2.20 bits per heavy atom. The summed E-state index contributed by atoms with van der Waals surface area (Å²) in [6.07, 6.45) is 1.80. The van der Waals surface area contributed by atoms with E-state index in [1.165, 1.54) is 0 Å². The van der Waals surface area contributed by atoms with E-state index in [4.69, 9.17) is 5.73 Å². The van der Waals surface area contributed by atoms with Crippen molar-refractivity contribution in [3.63, 3.8) is 0 Å². The molecule has 1 aliphatic rings. The van der Waals surface area contributed by atoms with E-state index in [-0.39, 0.29) is 5.92 Å². The van der Waals surface area contributed by atoms with Gasteiger partial charge < -0.3 is 10.8 Å². The predicted octanol–water partition coefficient (Wildman–Crippen LogP) is 2.10. The molecular formula is C11H12BrNO2. The van der Waals surface area contributed by atoms with E-state index in [0.29, 0.717) is 5.56 Å². The maximum absolute atomic E-state index is 11.3. The third-order valence-corrected chi connectivity index (χ3v) is 3.37. The standard InChI is InChI=1S/C11H12BrNO2/c12-9-3-1-2-8(6-9)11(13,10(14)15)7-4-5-7/h1-3,6-7H,4-5,13H2,(H,14,15). The molecule has 0 radical (unpaired) electrons. The van der Waals surface area contributed by atoms with Gasteiger partial charge in [0.15, 0.2) is 0 Å². The number of carboxylic acid groups (broad SMARTS) is 1. The molecule has 2 rings (SSSR count). The first-order chi connectivity index (χ1) is 7.05. The van der Waals surface area contributed by atoms with E-state index in [1.54, 1.807) is 12.1 Å². The maximum Gasteiger partial charge on any atom is 0.328 e. The van der Waals surface area contributed by atoms with Crippen LogP contribution < -0.4 is 5.73 Å².